The maximum atomic E-state index is 13.5. The number of hydrogen-bond acceptors (Lipinski definition) is 14. The van der Waals surface area contributed by atoms with E-state index < -0.39 is 111 Å². The number of ether oxygens (including phenoxy) is 8. The highest BCUT2D eigenvalue weighted by Gasteiger charge is 2.74. The van der Waals surface area contributed by atoms with E-state index >= 15 is 0 Å². The molecule has 0 fully saturated rings. The van der Waals surface area contributed by atoms with Gasteiger partial charge in [0, 0.05) is 0 Å². The maximum Gasteiger partial charge on any atom is 0.460 e. The van der Waals surface area contributed by atoms with Crippen LogP contribution in [0.15, 0.2) is 146 Å². The lowest BCUT2D eigenvalue weighted by atomic mass is 10.0. The molecule has 0 bridgehead atoms. The van der Waals surface area contributed by atoms with E-state index in [1.54, 1.807) is 48.5 Å². The Morgan fingerprint density at radius 1 is 0.379 bits per heavy atom. The molecule has 0 saturated carbocycles. The minimum absolute atomic E-state index is 0.0427. The molecule has 0 amide bonds. The van der Waals surface area contributed by atoms with Gasteiger partial charge in [0.1, 0.15) is 34.5 Å². The second kappa shape index (κ2) is 30.8. The van der Waals surface area contributed by atoms with Crippen molar-refractivity contribution in [3.8, 4) is 56.8 Å². The summed E-state index contributed by atoms with van der Waals surface area (Å²) in [7, 11) is -6.90. The van der Waals surface area contributed by atoms with Crippen LogP contribution < -0.4 is 28.4 Å². The number of hydrogen-bond donors (Lipinski definition) is 0. The average molecular weight is 1410 g/mol. The summed E-state index contributed by atoms with van der Waals surface area (Å²) in [5.74, 6) is -27.8. The van der Waals surface area contributed by atoms with Crippen LogP contribution in [0, 0.1) is 0 Å². The third-order valence-corrected chi connectivity index (χ3v) is 25.3. The summed E-state index contributed by atoms with van der Waals surface area (Å²) in [6.07, 6.45) is -15.0. The molecule has 0 aromatic heterocycles. The fraction of sp³-hybridized carbons (Fsp3) is 0.375. The second-order valence-corrected chi connectivity index (χ2v) is 35.7. The van der Waals surface area contributed by atoms with Crippen molar-refractivity contribution in [3.05, 3.63) is 157 Å². The zero-order valence-corrected chi connectivity index (χ0v) is 55.2. The summed E-state index contributed by atoms with van der Waals surface area (Å²) in [5.41, 5.74) is 3.70. The quantitative estimate of drug-likeness (QED) is 0.0129. The van der Waals surface area contributed by atoms with Crippen molar-refractivity contribution in [2.75, 3.05) is 26.4 Å². The fourth-order valence-electron chi connectivity index (χ4n) is 9.08. The molecule has 0 N–H and O–H groups in total. The van der Waals surface area contributed by atoms with E-state index in [0.29, 0.717) is 24.7 Å². The van der Waals surface area contributed by atoms with E-state index in [9.17, 15) is 80.6 Å². The number of halogens is 14. The van der Waals surface area contributed by atoms with Gasteiger partial charge in [0.2, 0.25) is 0 Å². The zero-order valence-electron chi connectivity index (χ0n) is 52.2. The molecule has 0 unspecified atom stereocenters. The van der Waals surface area contributed by atoms with Gasteiger partial charge in [0.15, 0.2) is 42.1 Å². The van der Waals surface area contributed by atoms with Crippen LogP contribution in [0.3, 0.4) is 0 Å². The summed E-state index contributed by atoms with van der Waals surface area (Å²) in [6.45, 7) is 10.6. The number of esters is 4. The molecule has 6 rings (SSSR count). The highest BCUT2D eigenvalue weighted by molar-refractivity contribution is 6.87. The first-order valence-corrected chi connectivity index (χ1v) is 38.1. The monoisotopic (exact) mass is 1410 g/mol. The van der Waals surface area contributed by atoms with Gasteiger partial charge < -0.3 is 46.1 Å². The molecule has 0 spiro atoms. The third kappa shape index (κ3) is 21.5. The smallest absolute Gasteiger partial charge is 0.460 e. The molecule has 516 valence electrons. The van der Waals surface area contributed by atoms with Crippen molar-refractivity contribution in [1.29, 1.82) is 0 Å². The number of carbonyl (C=O) groups is 4. The summed E-state index contributed by atoms with van der Waals surface area (Å²) in [4.78, 5) is 49.8. The Balaban J connectivity index is 0.848. The number of benzene rings is 6. The third-order valence-electron chi connectivity index (χ3n) is 13.8. The van der Waals surface area contributed by atoms with Gasteiger partial charge in [0.05, 0.1) is 24.3 Å². The van der Waals surface area contributed by atoms with Gasteiger partial charge in [-0.15, -0.1) is 0 Å². The van der Waals surface area contributed by atoms with Crippen LogP contribution in [0.4, 0.5) is 61.5 Å². The van der Waals surface area contributed by atoms with Crippen LogP contribution in [0.2, 0.25) is 51.4 Å². The molecule has 2 atom stereocenters. The first-order valence-electron chi connectivity index (χ1n) is 29.0. The normalized spacial score (nSPS) is 13.5. The average Bonchev–Trinajstić information content (AvgIpc) is 0.787. The molecule has 0 aliphatic heterocycles. The van der Waals surface area contributed by atoms with E-state index in [2.05, 4.69) is 48.8 Å². The number of carbonyl (C=O) groups excluding carboxylic acids is 4. The van der Waals surface area contributed by atoms with Crippen molar-refractivity contribution < 1.29 is 127 Å². The minimum atomic E-state index is -6.59. The van der Waals surface area contributed by atoms with Gasteiger partial charge in [-0.25, -0.2) is 19.2 Å². The van der Waals surface area contributed by atoms with Crippen LogP contribution in [0.25, 0.3) is 22.3 Å². The number of alkyl halides is 14. The fourth-order valence-corrected chi connectivity index (χ4v) is 23.1. The van der Waals surface area contributed by atoms with E-state index in [0.717, 1.165) is 61.0 Å². The van der Waals surface area contributed by atoms with E-state index in [1.807, 2.05) is 48.5 Å². The molecule has 95 heavy (non-hydrogen) atoms. The first-order chi connectivity index (χ1) is 44.0. The summed E-state index contributed by atoms with van der Waals surface area (Å²) in [5, 5.41) is 0. The molecule has 6 aromatic carbocycles. The molecule has 6 aromatic rings. The van der Waals surface area contributed by atoms with Crippen molar-refractivity contribution in [2.45, 2.75) is 126 Å². The summed E-state index contributed by atoms with van der Waals surface area (Å²) < 4.78 is 236. The van der Waals surface area contributed by atoms with Crippen LogP contribution in [-0.4, -0.2) is 124 Å². The van der Waals surface area contributed by atoms with Gasteiger partial charge in [-0.1, -0.05) is 48.5 Å². The predicted molar refractivity (Wildman–Crippen MR) is 325 cm³/mol. The molecular formula is C64H66F14O14Si3. The van der Waals surface area contributed by atoms with Gasteiger partial charge in [0.25, 0.3) is 0 Å². The molecule has 0 saturated heterocycles. The van der Waals surface area contributed by atoms with Crippen LogP contribution in [0.1, 0.15) is 47.4 Å². The van der Waals surface area contributed by atoms with Crippen LogP contribution in [0.5, 0.6) is 34.5 Å². The Morgan fingerprint density at radius 3 is 0.926 bits per heavy atom. The molecular weight excluding hydrogens is 1340 g/mol. The largest absolute Gasteiger partial charge is 0.494 e. The van der Waals surface area contributed by atoms with Gasteiger partial charge in [-0.3, -0.25) is 0 Å². The van der Waals surface area contributed by atoms with E-state index in [4.69, 9.17) is 36.7 Å². The lowest BCUT2D eigenvalue weighted by Gasteiger charge is -2.38. The van der Waals surface area contributed by atoms with E-state index in [1.165, 1.54) is 48.5 Å². The lowest BCUT2D eigenvalue weighted by molar-refractivity contribution is -0.360. The maximum absolute atomic E-state index is 13.5. The summed E-state index contributed by atoms with van der Waals surface area (Å²) in [6, 6.07) is 39.7. The highest BCUT2D eigenvalue weighted by atomic mass is 28.5. The number of rotatable bonds is 32. The van der Waals surface area contributed by atoms with E-state index in [-0.39, 0.29) is 34.1 Å². The van der Waals surface area contributed by atoms with Crippen molar-refractivity contribution in [1.82, 2.24) is 0 Å². The summed E-state index contributed by atoms with van der Waals surface area (Å²) >= 11 is 0. The van der Waals surface area contributed by atoms with Gasteiger partial charge >= 0.3 is 68.5 Å². The molecule has 0 aliphatic carbocycles. The van der Waals surface area contributed by atoms with Crippen LogP contribution >= 0.6 is 0 Å². The second-order valence-electron chi connectivity index (χ2n) is 23.2. The van der Waals surface area contributed by atoms with Crippen molar-refractivity contribution in [2.24, 2.45) is 0 Å². The van der Waals surface area contributed by atoms with Gasteiger partial charge in [-0.2, -0.15) is 61.5 Å². The SMILES string of the molecule is C[C@@H](Oc1ccc(OC(=O)c2ccc(-c3ccc(OCCC[Si](C)(C)O[Si](C)(C)O[Si](C)(C)CCCOc4ccc(-c5ccc(C(=O)Oc6ccc(O[C@H](C)C(=O)OCC(F)(F)C(F)(F)C(F)(F)F)cc6)cc5)cc4)cc3)cc2)cc1)C(=O)OCC(F)(F)C(F)(F)C(F)(F)F. The van der Waals surface area contributed by atoms with Crippen LogP contribution in [-0.2, 0) is 27.3 Å². The molecule has 0 aliphatic rings. The standard InChI is InChI=1S/C64H66F14O14Si3/c1-41(55(79)85-39-59(65,66)61(69,70)63(73,74)75)87-51-27-31-53(32-28-51)89-57(81)47-15-11-43(12-16-47)45-19-23-49(24-20-45)83-35-9-37-93(3,4)91-95(7,8)92-94(5,6)38-10-36-84-50-25-21-46(22-26-50)44-13-17-48(18-14-44)58(82)90-54-33-29-52(30-34-54)88-42(2)56(80)86-40-60(67,68)62(71,72)64(76,77)78/h11-34,41-42H,9-10,35-40H2,1-8H3/t41-,42-/m1/s1. The highest BCUT2D eigenvalue weighted by Crippen LogP contribution is 2.48. The van der Waals surface area contributed by atoms with Crippen molar-refractivity contribution >= 4 is 49.1 Å². The Morgan fingerprint density at radius 2 is 0.642 bits per heavy atom. The zero-order chi connectivity index (χ0) is 70.6. The lowest BCUT2D eigenvalue weighted by Crippen LogP contribution is -2.54. The molecule has 14 nitrogen and oxygen atoms in total. The Hall–Kier alpha value is -8.01. The molecule has 31 heteroatoms. The Labute approximate surface area is 540 Å². The predicted octanol–water partition coefficient (Wildman–Crippen LogP) is 17.1. The minimum Gasteiger partial charge on any atom is -0.494 e. The van der Waals surface area contributed by atoms with Gasteiger partial charge in [-0.05, 0) is 197 Å². The molecule has 0 heterocycles. The Kier molecular flexibility index (Phi) is 24.7. The molecule has 0 radical (unpaired) electrons. The topological polar surface area (TPSA) is 161 Å². The Bertz CT molecular complexity index is 3290. The first kappa shape index (κ1) is 76.0. The van der Waals surface area contributed by atoms with Crippen molar-refractivity contribution in [3.63, 3.8) is 0 Å².